The molecule has 0 fully saturated rings. The predicted octanol–water partition coefficient (Wildman–Crippen LogP) is 5.59. The minimum atomic E-state index is -0.266. The van der Waals surface area contributed by atoms with E-state index >= 15 is 0 Å². The van der Waals surface area contributed by atoms with Crippen LogP contribution in [0.5, 0.6) is 5.75 Å². The summed E-state index contributed by atoms with van der Waals surface area (Å²) in [7, 11) is 0. The van der Waals surface area contributed by atoms with E-state index in [0.717, 1.165) is 29.5 Å². The van der Waals surface area contributed by atoms with Gasteiger partial charge in [-0.05, 0) is 71.7 Å². The van der Waals surface area contributed by atoms with Gasteiger partial charge in [0.1, 0.15) is 11.6 Å². The third kappa shape index (κ3) is 3.47. The Balaban J connectivity index is 2.19. The van der Waals surface area contributed by atoms with Crippen LogP contribution in [-0.2, 0) is 6.61 Å². The molecule has 0 amide bonds. The van der Waals surface area contributed by atoms with Crippen molar-refractivity contribution in [1.82, 2.24) is 0 Å². The smallest absolute Gasteiger partial charge is 0.131 e. The molecule has 0 aromatic heterocycles. The highest BCUT2D eigenvalue weighted by atomic mass is 19.1. The van der Waals surface area contributed by atoms with Crippen LogP contribution < -0.4 is 4.74 Å². The zero-order valence-electron chi connectivity index (χ0n) is 15.1. The molecule has 0 aliphatic heterocycles. The van der Waals surface area contributed by atoms with Crippen molar-refractivity contribution in [3.63, 3.8) is 0 Å². The lowest BCUT2D eigenvalue weighted by Crippen LogP contribution is -2.10. The number of aliphatic hydroxyl groups excluding tert-OH is 1. The Bertz CT molecular complexity index is 806. The van der Waals surface area contributed by atoms with Crippen LogP contribution in [0, 0.1) is 11.2 Å². The second-order valence-electron chi connectivity index (χ2n) is 7.15. The van der Waals surface area contributed by atoms with Crippen LogP contribution in [0.3, 0.4) is 0 Å². The maximum Gasteiger partial charge on any atom is 0.131 e. The molecule has 3 rings (SSSR count). The monoisotopic (exact) mass is 340 g/mol. The van der Waals surface area contributed by atoms with Crippen LogP contribution in [0.4, 0.5) is 4.39 Å². The number of hydrogen-bond donors (Lipinski definition) is 1. The molecule has 0 radical (unpaired) electrons. The van der Waals surface area contributed by atoms with E-state index < -0.39 is 0 Å². The quantitative estimate of drug-likeness (QED) is 0.769. The van der Waals surface area contributed by atoms with Crippen molar-refractivity contribution >= 4 is 5.57 Å². The third-order valence-electron chi connectivity index (χ3n) is 4.94. The highest BCUT2D eigenvalue weighted by Crippen LogP contribution is 2.47. The average Bonchev–Trinajstić information content (AvgIpc) is 2.95. The average molecular weight is 340 g/mol. The number of benzene rings is 2. The van der Waals surface area contributed by atoms with Crippen LogP contribution in [-0.4, -0.2) is 11.7 Å². The molecule has 0 bridgehead atoms. The van der Waals surface area contributed by atoms with Gasteiger partial charge in [-0.2, -0.15) is 0 Å². The van der Waals surface area contributed by atoms with Crippen molar-refractivity contribution < 1.29 is 14.2 Å². The molecule has 132 valence electrons. The van der Waals surface area contributed by atoms with Gasteiger partial charge in [0.25, 0.3) is 0 Å². The fourth-order valence-corrected chi connectivity index (χ4v) is 3.58. The summed E-state index contributed by atoms with van der Waals surface area (Å²) in [6.07, 6.45) is 4.34. The summed E-state index contributed by atoms with van der Waals surface area (Å²) < 4.78 is 20.2. The minimum absolute atomic E-state index is 0.0253. The number of aliphatic hydroxyl groups is 1. The van der Waals surface area contributed by atoms with E-state index in [2.05, 4.69) is 19.9 Å². The summed E-state index contributed by atoms with van der Waals surface area (Å²) in [5.41, 5.74) is 4.48. The standard InChI is InChI=1S/C22H25FO2/c1-4-25-16-8-10-21(23)19(13-16)17-9-7-15(14-24)12-18(17)20-6-5-11-22(20,2)3/h6-10,12-13,24H,4-5,11,14H2,1-3H3. The summed E-state index contributed by atoms with van der Waals surface area (Å²) in [4.78, 5) is 0. The van der Waals surface area contributed by atoms with E-state index in [4.69, 9.17) is 4.74 Å². The number of hydrogen-bond acceptors (Lipinski definition) is 2. The number of allylic oxidation sites excluding steroid dienone is 2. The van der Waals surface area contributed by atoms with Gasteiger partial charge < -0.3 is 9.84 Å². The van der Waals surface area contributed by atoms with Gasteiger partial charge in [0.15, 0.2) is 0 Å². The fraction of sp³-hybridized carbons (Fsp3) is 0.364. The van der Waals surface area contributed by atoms with Gasteiger partial charge in [0.2, 0.25) is 0 Å². The molecule has 0 atom stereocenters. The molecule has 0 saturated heterocycles. The van der Waals surface area contributed by atoms with Crippen molar-refractivity contribution in [1.29, 1.82) is 0 Å². The van der Waals surface area contributed by atoms with E-state index in [1.807, 2.05) is 25.1 Å². The Hall–Kier alpha value is -2.13. The molecule has 1 N–H and O–H groups in total. The first kappa shape index (κ1) is 17.7. The summed E-state index contributed by atoms with van der Waals surface area (Å²) in [6.45, 7) is 6.86. The maximum absolute atomic E-state index is 14.6. The van der Waals surface area contributed by atoms with Gasteiger partial charge in [0, 0.05) is 5.56 Å². The number of halogens is 1. The van der Waals surface area contributed by atoms with Crippen molar-refractivity contribution in [3.05, 3.63) is 59.4 Å². The number of ether oxygens (including phenoxy) is 1. The lowest BCUT2D eigenvalue weighted by atomic mass is 9.79. The molecule has 0 saturated carbocycles. The summed E-state index contributed by atoms with van der Waals surface area (Å²) in [6, 6.07) is 10.6. The van der Waals surface area contributed by atoms with Gasteiger partial charge in [-0.3, -0.25) is 0 Å². The molecule has 2 aromatic rings. The number of rotatable bonds is 5. The molecule has 0 spiro atoms. The second kappa shape index (κ2) is 7.01. The normalized spacial score (nSPS) is 16.0. The van der Waals surface area contributed by atoms with Gasteiger partial charge >= 0.3 is 0 Å². The molecule has 0 unspecified atom stereocenters. The molecular formula is C22H25FO2. The predicted molar refractivity (Wildman–Crippen MR) is 99.9 cm³/mol. The molecule has 1 aliphatic rings. The Morgan fingerprint density at radius 3 is 2.52 bits per heavy atom. The second-order valence-corrected chi connectivity index (χ2v) is 7.15. The Morgan fingerprint density at radius 2 is 1.88 bits per heavy atom. The van der Waals surface area contributed by atoms with Gasteiger partial charge in [-0.15, -0.1) is 0 Å². The zero-order valence-corrected chi connectivity index (χ0v) is 15.1. The van der Waals surface area contributed by atoms with Gasteiger partial charge in [-0.25, -0.2) is 4.39 Å². The largest absolute Gasteiger partial charge is 0.494 e. The zero-order chi connectivity index (χ0) is 18.0. The van der Waals surface area contributed by atoms with Crippen LogP contribution in [0.15, 0.2) is 42.5 Å². The highest BCUT2D eigenvalue weighted by Gasteiger charge is 2.30. The first-order valence-corrected chi connectivity index (χ1v) is 8.84. The first-order chi connectivity index (χ1) is 12.0. The van der Waals surface area contributed by atoms with Crippen molar-refractivity contribution in [2.45, 2.75) is 40.2 Å². The topological polar surface area (TPSA) is 29.5 Å². The lowest BCUT2D eigenvalue weighted by molar-refractivity contribution is 0.282. The Kier molecular flexibility index (Phi) is 4.96. The Labute approximate surface area is 149 Å². The summed E-state index contributed by atoms with van der Waals surface area (Å²) in [5.74, 6) is 0.397. The lowest BCUT2D eigenvalue weighted by Gasteiger charge is -2.25. The molecule has 0 heterocycles. The van der Waals surface area contributed by atoms with Gasteiger partial charge in [-0.1, -0.05) is 32.1 Å². The molecule has 2 aromatic carbocycles. The van der Waals surface area contributed by atoms with Crippen LogP contribution in [0.2, 0.25) is 0 Å². The van der Waals surface area contributed by atoms with Crippen LogP contribution in [0.25, 0.3) is 16.7 Å². The van der Waals surface area contributed by atoms with E-state index in [0.29, 0.717) is 17.9 Å². The highest BCUT2D eigenvalue weighted by molar-refractivity contribution is 5.85. The SMILES string of the molecule is CCOc1ccc(F)c(-c2ccc(CO)cc2C2=CCCC2(C)C)c1. The van der Waals surface area contributed by atoms with E-state index in [1.54, 1.807) is 12.1 Å². The van der Waals surface area contributed by atoms with E-state index in [-0.39, 0.29) is 17.8 Å². The molecule has 2 nitrogen and oxygen atoms in total. The summed E-state index contributed by atoms with van der Waals surface area (Å²) in [5, 5.41) is 9.55. The van der Waals surface area contributed by atoms with Crippen LogP contribution in [0.1, 0.15) is 44.7 Å². The molecule has 25 heavy (non-hydrogen) atoms. The third-order valence-corrected chi connectivity index (χ3v) is 4.94. The van der Waals surface area contributed by atoms with Crippen LogP contribution >= 0.6 is 0 Å². The van der Waals surface area contributed by atoms with E-state index in [9.17, 15) is 9.50 Å². The Morgan fingerprint density at radius 1 is 1.08 bits per heavy atom. The summed E-state index contributed by atoms with van der Waals surface area (Å²) >= 11 is 0. The minimum Gasteiger partial charge on any atom is -0.494 e. The molecule has 3 heteroatoms. The van der Waals surface area contributed by atoms with Crippen molar-refractivity contribution in [3.8, 4) is 16.9 Å². The van der Waals surface area contributed by atoms with E-state index in [1.165, 1.54) is 11.6 Å². The molecular weight excluding hydrogens is 315 g/mol. The first-order valence-electron chi connectivity index (χ1n) is 8.84. The fourth-order valence-electron chi connectivity index (χ4n) is 3.58. The van der Waals surface area contributed by atoms with Gasteiger partial charge in [0.05, 0.1) is 13.2 Å². The van der Waals surface area contributed by atoms with Crippen molar-refractivity contribution in [2.24, 2.45) is 5.41 Å². The van der Waals surface area contributed by atoms with Crippen molar-refractivity contribution in [2.75, 3.05) is 6.61 Å². The molecule has 1 aliphatic carbocycles. The maximum atomic E-state index is 14.6.